The fourth-order valence-corrected chi connectivity index (χ4v) is 3.42. The maximum absolute atomic E-state index is 12.5. The van der Waals surface area contributed by atoms with Crippen molar-refractivity contribution in [2.45, 2.75) is 39.2 Å². The highest BCUT2D eigenvalue weighted by Gasteiger charge is 2.37. The third-order valence-electron chi connectivity index (χ3n) is 5.06. The normalized spacial score (nSPS) is 17.3. The lowest BCUT2D eigenvalue weighted by Crippen LogP contribution is -2.49. The number of carbonyl (C=O) groups is 1. The van der Waals surface area contributed by atoms with Crippen LogP contribution in [0.25, 0.3) is 5.65 Å². The van der Waals surface area contributed by atoms with E-state index in [1.54, 1.807) is 7.11 Å². The predicted molar refractivity (Wildman–Crippen MR) is 95.3 cm³/mol. The molecule has 1 fully saturated rings. The van der Waals surface area contributed by atoms with Crippen molar-refractivity contribution in [3.63, 3.8) is 0 Å². The number of rotatable bonds is 7. The molecule has 1 aliphatic rings. The molecule has 1 saturated carbocycles. The first kappa shape index (κ1) is 17.7. The molecule has 0 bridgehead atoms. The molecule has 7 nitrogen and oxygen atoms in total. The van der Waals surface area contributed by atoms with Gasteiger partial charge in [-0.3, -0.25) is 4.40 Å². The van der Waals surface area contributed by atoms with Crippen LogP contribution in [0.4, 0.5) is 4.79 Å². The molecule has 0 aliphatic heterocycles. The summed E-state index contributed by atoms with van der Waals surface area (Å²) in [5.41, 5.74) is 0.875. The van der Waals surface area contributed by atoms with Crippen LogP contribution in [0.15, 0.2) is 24.4 Å². The van der Waals surface area contributed by atoms with Crippen LogP contribution >= 0.6 is 0 Å². The summed E-state index contributed by atoms with van der Waals surface area (Å²) in [7, 11) is 1.71. The van der Waals surface area contributed by atoms with Gasteiger partial charge in [0.25, 0.3) is 0 Å². The summed E-state index contributed by atoms with van der Waals surface area (Å²) in [6, 6.07) is 5.37. The van der Waals surface area contributed by atoms with E-state index in [0.29, 0.717) is 13.2 Å². The predicted octanol–water partition coefficient (Wildman–Crippen LogP) is 2.54. The van der Waals surface area contributed by atoms with Crippen molar-refractivity contribution < 1.29 is 9.53 Å². The van der Waals surface area contributed by atoms with Crippen molar-refractivity contribution in [3.05, 3.63) is 30.2 Å². The van der Waals surface area contributed by atoms with E-state index in [1.807, 2.05) is 28.8 Å². The fraction of sp³-hybridized carbons (Fsp3) is 0.611. The summed E-state index contributed by atoms with van der Waals surface area (Å²) >= 11 is 0. The maximum atomic E-state index is 12.5. The Kier molecular flexibility index (Phi) is 5.22. The lowest BCUT2D eigenvalue weighted by molar-refractivity contribution is 0.0199. The van der Waals surface area contributed by atoms with Crippen molar-refractivity contribution in [2.75, 3.05) is 20.3 Å². The van der Waals surface area contributed by atoms with Gasteiger partial charge in [0, 0.05) is 25.3 Å². The van der Waals surface area contributed by atoms with E-state index < -0.39 is 0 Å². The van der Waals surface area contributed by atoms with Crippen molar-refractivity contribution in [2.24, 2.45) is 11.3 Å². The Morgan fingerprint density at radius 3 is 2.80 bits per heavy atom. The summed E-state index contributed by atoms with van der Waals surface area (Å²) in [4.78, 5) is 12.5. The van der Waals surface area contributed by atoms with Crippen LogP contribution in [0, 0.1) is 11.3 Å². The zero-order valence-electron chi connectivity index (χ0n) is 15.2. The topological polar surface area (TPSA) is 80.5 Å². The first-order valence-electron chi connectivity index (χ1n) is 8.88. The Balaban J connectivity index is 1.67. The van der Waals surface area contributed by atoms with Crippen LogP contribution in [-0.2, 0) is 4.74 Å². The first-order valence-corrected chi connectivity index (χ1v) is 8.88. The number of hydrogen-bond donors (Lipinski definition) is 2. The van der Waals surface area contributed by atoms with Crippen LogP contribution < -0.4 is 10.6 Å². The van der Waals surface area contributed by atoms with Crippen molar-refractivity contribution >= 4 is 11.7 Å². The number of methoxy groups -OCH3 is 1. The second kappa shape index (κ2) is 7.39. The third-order valence-corrected chi connectivity index (χ3v) is 5.06. The zero-order valence-corrected chi connectivity index (χ0v) is 15.2. The second-order valence-corrected chi connectivity index (χ2v) is 7.32. The number of nitrogens with one attached hydrogen (secondary N) is 2. The smallest absolute Gasteiger partial charge is 0.315 e. The number of carbonyl (C=O) groups excluding carboxylic acids is 1. The van der Waals surface area contributed by atoms with E-state index >= 15 is 0 Å². The van der Waals surface area contributed by atoms with E-state index in [4.69, 9.17) is 4.74 Å². The Morgan fingerprint density at radius 1 is 1.36 bits per heavy atom. The number of pyridine rings is 1. The Morgan fingerprint density at radius 2 is 2.16 bits per heavy atom. The van der Waals surface area contributed by atoms with E-state index in [-0.39, 0.29) is 23.4 Å². The van der Waals surface area contributed by atoms with Crippen LogP contribution in [-0.4, -0.2) is 40.9 Å². The molecule has 0 unspecified atom stereocenters. The van der Waals surface area contributed by atoms with Gasteiger partial charge in [-0.1, -0.05) is 26.3 Å². The van der Waals surface area contributed by atoms with E-state index in [2.05, 4.69) is 34.7 Å². The standard InChI is InChI=1S/C18H27N5O2/c1-13(2)15(16-22-21-14-7-4-5-10-23(14)16)20-17(24)19-11-18(12-25-3)8-6-9-18/h4-5,7,10,13,15H,6,8-9,11-12H2,1-3H3,(H2,19,20,24)/t15-/m1/s1. The fourth-order valence-electron chi connectivity index (χ4n) is 3.42. The molecular weight excluding hydrogens is 318 g/mol. The van der Waals surface area contributed by atoms with Crippen LogP contribution in [0.5, 0.6) is 0 Å². The van der Waals surface area contributed by atoms with Crippen LogP contribution in [0.2, 0.25) is 0 Å². The van der Waals surface area contributed by atoms with Crippen molar-refractivity contribution in [3.8, 4) is 0 Å². The van der Waals surface area contributed by atoms with Crippen molar-refractivity contribution in [1.82, 2.24) is 25.2 Å². The molecule has 2 N–H and O–H groups in total. The number of amides is 2. The van der Waals surface area contributed by atoms with E-state index in [9.17, 15) is 4.79 Å². The number of ether oxygens (including phenoxy) is 1. The highest BCUT2D eigenvalue weighted by Crippen LogP contribution is 2.40. The Hall–Kier alpha value is -2.15. The van der Waals surface area contributed by atoms with Gasteiger partial charge in [0.2, 0.25) is 0 Å². The highest BCUT2D eigenvalue weighted by molar-refractivity contribution is 5.74. The van der Waals surface area contributed by atoms with Gasteiger partial charge in [-0.2, -0.15) is 0 Å². The molecule has 7 heteroatoms. The maximum Gasteiger partial charge on any atom is 0.315 e. The SMILES string of the molecule is COCC1(CNC(=O)N[C@@H](c2nnc3ccccn23)C(C)C)CCC1. The van der Waals surface area contributed by atoms with Crippen molar-refractivity contribution in [1.29, 1.82) is 0 Å². The number of fused-ring (bicyclic) bond motifs is 1. The molecule has 136 valence electrons. The molecule has 2 aromatic rings. The van der Waals surface area contributed by atoms with Gasteiger partial charge in [-0.05, 0) is 30.9 Å². The average molecular weight is 345 g/mol. The zero-order chi connectivity index (χ0) is 17.9. The lowest BCUT2D eigenvalue weighted by atomic mass is 9.69. The van der Waals surface area contributed by atoms with Gasteiger partial charge in [-0.25, -0.2) is 4.79 Å². The average Bonchev–Trinajstić information content (AvgIpc) is 2.98. The van der Waals surface area contributed by atoms with Crippen LogP contribution in [0.1, 0.15) is 45.0 Å². The molecule has 0 aromatic carbocycles. The number of nitrogens with zero attached hydrogens (tertiary/aromatic N) is 3. The Bertz CT molecular complexity index is 723. The summed E-state index contributed by atoms with van der Waals surface area (Å²) in [5.74, 6) is 0.936. The minimum Gasteiger partial charge on any atom is -0.384 e. The number of urea groups is 1. The Labute approximate surface area is 148 Å². The molecule has 2 aromatic heterocycles. The minimum absolute atomic E-state index is 0.0982. The van der Waals surface area contributed by atoms with Crippen LogP contribution in [0.3, 0.4) is 0 Å². The molecule has 0 spiro atoms. The third kappa shape index (κ3) is 3.76. The van der Waals surface area contributed by atoms with Gasteiger partial charge in [-0.15, -0.1) is 10.2 Å². The molecule has 2 amide bonds. The summed E-state index contributed by atoms with van der Waals surface area (Å²) in [5, 5.41) is 14.5. The molecule has 0 radical (unpaired) electrons. The molecular formula is C18H27N5O2. The summed E-state index contributed by atoms with van der Waals surface area (Å²) in [6.07, 6.45) is 5.32. The monoisotopic (exact) mass is 345 g/mol. The van der Waals surface area contributed by atoms with Gasteiger partial charge in [0.05, 0.1) is 12.6 Å². The molecule has 2 heterocycles. The molecule has 0 saturated heterocycles. The minimum atomic E-state index is -0.211. The molecule has 1 aliphatic carbocycles. The number of aromatic nitrogens is 3. The van der Waals surface area contributed by atoms with E-state index in [0.717, 1.165) is 24.3 Å². The van der Waals surface area contributed by atoms with Gasteiger partial charge < -0.3 is 15.4 Å². The van der Waals surface area contributed by atoms with Gasteiger partial charge >= 0.3 is 6.03 Å². The summed E-state index contributed by atoms with van der Waals surface area (Å²) < 4.78 is 7.23. The second-order valence-electron chi connectivity index (χ2n) is 7.32. The van der Waals surface area contributed by atoms with Gasteiger partial charge in [0.1, 0.15) is 0 Å². The number of hydrogen-bond acceptors (Lipinski definition) is 4. The quantitative estimate of drug-likeness (QED) is 0.808. The molecule has 3 rings (SSSR count). The molecule has 1 atom stereocenters. The van der Waals surface area contributed by atoms with E-state index in [1.165, 1.54) is 6.42 Å². The first-order chi connectivity index (χ1) is 12.0. The summed E-state index contributed by atoms with van der Waals surface area (Å²) in [6.45, 7) is 5.45. The molecule has 25 heavy (non-hydrogen) atoms. The van der Waals surface area contributed by atoms with Gasteiger partial charge in [0.15, 0.2) is 11.5 Å². The largest absolute Gasteiger partial charge is 0.384 e. The lowest BCUT2D eigenvalue weighted by Gasteiger charge is -2.41. The highest BCUT2D eigenvalue weighted by atomic mass is 16.5.